The van der Waals surface area contributed by atoms with Gasteiger partial charge in [0.1, 0.15) is 11.5 Å². The molecule has 0 saturated carbocycles. The summed E-state index contributed by atoms with van der Waals surface area (Å²) in [5.74, 6) is 1.53. The van der Waals surface area contributed by atoms with Crippen molar-refractivity contribution in [2.24, 2.45) is 10.8 Å². The summed E-state index contributed by atoms with van der Waals surface area (Å²) in [6.45, 7) is 0. The van der Waals surface area contributed by atoms with Crippen molar-refractivity contribution in [1.29, 1.82) is 0 Å². The van der Waals surface area contributed by atoms with E-state index >= 15 is 0 Å². The second-order valence-electron chi connectivity index (χ2n) is 3.72. The van der Waals surface area contributed by atoms with Crippen LogP contribution in [-0.2, 0) is 0 Å². The first-order valence-electron chi connectivity index (χ1n) is 5.65. The first-order valence-corrected chi connectivity index (χ1v) is 6.06. The van der Waals surface area contributed by atoms with Crippen LogP contribution >= 0.6 is 12.2 Å². The van der Waals surface area contributed by atoms with Crippen LogP contribution in [0.25, 0.3) is 0 Å². The summed E-state index contributed by atoms with van der Waals surface area (Å²) in [6, 6.07) is 17.1. The third-order valence-electron chi connectivity index (χ3n) is 2.23. The van der Waals surface area contributed by atoms with E-state index < -0.39 is 0 Å². The monoisotopic (exact) mass is 271 g/mol. The van der Waals surface area contributed by atoms with Crippen molar-refractivity contribution in [2.45, 2.75) is 0 Å². The number of nitrogens with two attached hydrogens (primary N) is 1. The number of rotatable bonds is 4. The van der Waals surface area contributed by atoms with Crippen molar-refractivity contribution >= 4 is 23.5 Å². The number of ether oxygens (including phenoxy) is 1. The number of nitrogens with zero attached hydrogens (tertiary/aromatic N) is 1. The smallest absolute Gasteiger partial charge is 0.184 e. The Morgan fingerprint density at radius 2 is 1.84 bits per heavy atom. The van der Waals surface area contributed by atoms with Gasteiger partial charge in [0, 0.05) is 0 Å². The Balaban J connectivity index is 2.07. The molecule has 0 aliphatic rings. The molecule has 2 aromatic carbocycles. The number of hydrogen-bond acceptors (Lipinski definition) is 3. The van der Waals surface area contributed by atoms with E-state index in [0.29, 0.717) is 0 Å². The van der Waals surface area contributed by atoms with E-state index in [0.717, 1.165) is 17.1 Å². The molecule has 3 N–H and O–H groups in total. The van der Waals surface area contributed by atoms with Gasteiger partial charge in [-0.1, -0.05) is 30.3 Å². The van der Waals surface area contributed by atoms with Crippen molar-refractivity contribution < 1.29 is 4.74 Å². The highest BCUT2D eigenvalue weighted by Crippen LogP contribution is 2.21. The maximum Gasteiger partial charge on any atom is 0.184 e. The molecule has 0 heterocycles. The molecule has 0 atom stereocenters. The molecule has 0 spiro atoms. The fourth-order valence-corrected chi connectivity index (χ4v) is 1.51. The minimum Gasteiger partial charge on any atom is -0.457 e. The lowest BCUT2D eigenvalue weighted by atomic mass is 10.2. The molecule has 0 amide bonds. The SMILES string of the molecule is NC(=S)N/N=C\c1cccc(Oc2ccccc2)c1. The minimum atomic E-state index is 0.132. The third kappa shape index (κ3) is 4.40. The van der Waals surface area contributed by atoms with Gasteiger partial charge in [0.25, 0.3) is 0 Å². The molecule has 19 heavy (non-hydrogen) atoms. The molecular weight excluding hydrogens is 258 g/mol. The molecule has 5 heteroatoms. The topological polar surface area (TPSA) is 59.6 Å². The van der Waals surface area contributed by atoms with E-state index in [9.17, 15) is 0 Å². The lowest BCUT2D eigenvalue weighted by Gasteiger charge is -2.05. The van der Waals surface area contributed by atoms with Gasteiger partial charge in [0.15, 0.2) is 5.11 Å². The van der Waals surface area contributed by atoms with Gasteiger partial charge < -0.3 is 10.5 Å². The summed E-state index contributed by atoms with van der Waals surface area (Å²) in [7, 11) is 0. The van der Waals surface area contributed by atoms with Crippen LogP contribution in [0.2, 0.25) is 0 Å². The number of para-hydroxylation sites is 1. The van der Waals surface area contributed by atoms with Crippen LogP contribution in [-0.4, -0.2) is 11.3 Å². The van der Waals surface area contributed by atoms with Crippen LogP contribution in [0.1, 0.15) is 5.56 Å². The van der Waals surface area contributed by atoms with E-state index in [2.05, 4.69) is 22.7 Å². The van der Waals surface area contributed by atoms with Crippen LogP contribution < -0.4 is 15.9 Å². The van der Waals surface area contributed by atoms with Crippen molar-refractivity contribution in [3.63, 3.8) is 0 Å². The summed E-state index contributed by atoms with van der Waals surface area (Å²) in [5, 5.41) is 4.02. The Bertz CT molecular complexity index is 584. The zero-order chi connectivity index (χ0) is 13.5. The van der Waals surface area contributed by atoms with Gasteiger partial charge in [0.2, 0.25) is 0 Å². The zero-order valence-electron chi connectivity index (χ0n) is 10.1. The third-order valence-corrected chi connectivity index (χ3v) is 2.32. The van der Waals surface area contributed by atoms with Gasteiger partial charge >= 0.3 is 0 Å². The average Bonchev–Trinajstić information content (AvgIpc) is 2.40. The molecule has 0 aromatic heterocycles. The number of hydrazone groups is 1. The number of thiocarbonyl (C=S) groups is 1. The van der Waals surface area contributed by atoms with Crippen molar-refractivity contribution in [3.8, 4) is 11.5 Å². The first kappa shape index (κ1) is 13.0. The van der Waals surface area contributed by atoms with Gasteiger partial charge in [0.05, 0.1) is 6.21 Å². The Kier molecular flexibility index (Phi) is 4.47. The van der Waals surface area contributed by atoms with E-state index in [4.69, 9.17) is 10.5 Å². The Labute approximate surface area is 116 Å². The number of nitrogens with one attached hydrogen (secondary N) is 1. The lowest BCUT2D eigenvalue weighted by Crippen LogP contribution is -2.23. The molecule has 0 fully saturated rings. The second-order valence-corrected chi connectivity index (χ2v) is 4.16. The Hall–Kier alpha value is -2.40. The molecule has 2 aromatic rings. The highest BCUT2D eigenvalue weighted by atomic mass is 32.1. The summed E-state index contributed by atoms with van der Waals surface area (Å²) >= 11 is 4.65. The van der Waals surface area contributed by atoms with Crippen LogP contribution in [0, 0.1) is 0 Å². The van der Waals surface area contributed by atoms with Crippen molar-refractivity contribution in [2.75, 3.05) is 0 Å². The van der Waals surface area contributed by atoms with Gasteiger partial charge in [-0.2, -0.15) is 5.10 Å². The molecular formula is C14H13N3OS. The first-order chi connectivity index (χ1) is 9.24. The number of hydrogen-bond donors (Lipinski definition) is 2. The summed E-state index contributed by atoms with van der Waals surface area (Å²) in [6.07, 6.45) is 1.62. The van der Waals surface area contributed by atoms with Crippen molar-refractivity contribution in [3.05, 3.63) is 60.2 Å². The van der Waals surface area contributed by atoms with Gasteiger partial charge in [-0.05, 0) is 42.0 Å². The van der Waals surface area contributed by atoms with E-state index in [1.807, 2.05) is 54.6 Å². The maximum atomic E-state index is 5.71. The largest absolute Gasteiger partial charge is 0.457 e. The average molecular weight is 271 g/mol. The predicted octanol–water partition coefficient (Wildman–Crippen LogP) is 2.65. The highest BCUT2D eigenvalue weighted by molar-refractivity contribution is 7.80. The molecule has 0 unspecified atom stereocenters. The molecule has 0 saturated heterocycles. The number of benzene rings is 2. The van der Waals surface area contributed by atoms with E-state index in [1.165, 1.54) is 0 Å². The van der Waals surface area contributed by atoms with Crippen LogP contribution in [0.4, 0.5) is 0 Å². The molecule has 0 aliphatic heterocycles. The summed E-state index contributed by atoms with van der Waals surface area (Å²) in [5.41, 5.74) is 8.66. The van der Waals surface area contributed by atoms with Crippen LogP contribution in [0.5, 0.6) is 11.5 Å². The highest BCUT2D eigenvalue weighted by Gasteiger charge is 1.97. The lowest BCUT2D eigenvalue weighted by molar-refractivity contribution is 0.482. The quantitative estimate of drug-likeness (QED) is 0.510. The maximum absolute atomic E-state index is 5.71. The van der Waals surface area contributed by atoms with Gasteiger partial charge in [-0.15, -0.1) is 0 Å². The molecule has 96 valence electrons. The standard InChI is InChI=1S/C14H13N3OS/c15-14(19)17-16-10-11-5-4-8-13(9-11)18-12-6-2-1-3-7-12/h1-10H,(H3,15,17,19)/b16-10-. The minimum absolute atomic E-state index is 0.132. The van der Waals surface area contributed by atoms with Crippen LogP contribution in [0.3, 0.4) is 0 Å². The Morgan fingerprint density at radius 1 is 1.11 bits per heavy atom. The summed E-state index contributed by atoms with van der Waals surface area (Å²) in [4.78, 5) is 0. The van der Waals surface area contributed by atoms with Gasteiger partial charge in [-0.25, -0.2) is 0 Å². The fourth-order valence-electron chi connectivity index (χ4n) is 1.45. The van der Waals surface area contributed by atoms with E-state index in [1.54, 1.807) is 6.21 Å². The normalized spacial score (nSPS) is 10.3. The second kappa shape index (κ2) is 6.51. The molecule has 0 radical (unpaired) electrons. The summed E-state index contributed by atoms with van der Waals surface area (Å²) < 4.78 is 5.71. The molecule has 4 nitrogen and oxygen atoms in total. The zero-order valence-corrected chi connectivity index (χ0v) is 10.9. The fraction of sp³-hybridized carbons (Fsp3) is 0. The van der Waals surface area contributed by atoms with Crippen molar-refractivity contribution in [1.82, 2.24) is 5.43 Å². The predicted molar refractivity (Wildman–Crippen MR) is 80.5 cm³/mol. The molecule has 0 aliphatic carbocycles. The van der Waals surface area contributed by atoms with E-state index in [-0.39, 0.29) is 5.11 Å². The Morgan fingerprint density at radius 3 is 2.58 bits per heavy atom. The van der Waals surface area contributed by atoms with Gasteiger partial charge in [-0.3, -0.25) is 5.43 Å². The molecule has 0 bridgehead atoms. The van der Waals surface area contributed by atoms with Crippen LogP contribution in [0.15, 0.2) is 59.7 Å². The molecule has 2 rings (SSSR count).